The topological polar surface area (TPSA) is 67.4 Å². The van der Waals surface area contributed by atoms with Gasteiger partial charge in [-0.1, -0.05) is 24.3 Å². The van der Waals surface area contributed by atoms with Crippen molar-refractivity contribution in [1.29, 1.82) is 0 Å². The summed E-state index contributed by atoms with van der Waals surface area (Å²) in [6.07, 6.45) is -4.08. The van der Waals surface area contributed by atoms with Gasteiger partial charge in [-0.2, -0.15) is 26.3 Å². The first-order valence-electron chi connectivity index (χ1n) is 11.3. The van der Waals surface area contributed by atoms with Crippen molar-refractivity contribution in [1.82, 2.24) is 0 Å². The molecular formula is C26H26F6N2O3. The summed E-state index contributed by atoms with van der Waals surface area (Å²) < 4.78 is 82.2. The fraction of sp³-hybridized carbons (Fsp3) is 0.308. The van der Waals surface area contributed by atoms with Gasteiger partial charge in [0.1, 0.15) is 0 Å². The fourth-order valence-corrected chi connectivity index (χ4v) is 3.30. The van der Waals surface area contributed by atoms with E-state index in [1.165, 1.54) is 24.3 Å². The van der Waals surface area contributed by atoms with Crippen molar-refractivity contribution in [2.75, 3.05) is 23.7 Å². The quantitative estimate of drug-likeness (QED) is 0.158. The molecule has 0 unspecified atom stereocenters. The van der Waals surface area contributed by atoms with Crippen LogP contribution in [-0.2, 0) is 39.5 Å². The number of alkyl halides is 6. The molecule has 0 fully saturated rings. The molecule has 0 spiro atoms. The van der Waals surface area contributed by atoms with Gasteiger partial charge >= 0.3 is 24.3 Å². The summed E-state index contributed by atoms with van der Waals surface area (Å²) in [6.45, 7) is 4.25. The Morgan fingerprint density at radius 2 is 1.11 bits per heavy atom. The first-order chi connectivity index (χ1) is 17.3. The maximum Gasteiger partial charge on any atom is 0.416 e. The van der Waals surface area contributed by atoms with Crippen LogP contribution in [0.15, 0.2) is 60.7 Å². The Morgan fingerprint density at radius 3 is 1.43 bits per heavy atom. The Hall–Kier alpha value is -3.76. The van der Waals surface area contributed by atoms with Crippen molar-refractivity contribution in [3.8, 4) is 0 Å². The van der Waals surface area contributed by atoms with Crippen molar-refractivity contribution < 1.29 is 40.7 Å². The van der Waals surface area contributed by atoms with E-state index in [4.69, 9.17) is 0 Å². The zero-order valence-electron chi connectivity index (χ0n) is 20.1. The average Bonchev–Trinajstić information content (AvgIpc) is 2.80. The fourth-order valence-electron chi connectivity index (χ4n) is 3.30. The molecule has 37 heavy (non-hydrogen) atoms. The van der Waals surface area contributed by atoms with Crippen LogP contribution >= 0.6 is 0 Å². The zero-order valence-corrected chi connectivity index (χ0v) is 20.1. The first kappa shape index (κ1) is 29.5. The minimum absolute atomic E-state index is 0.112. The SMILES string of the molecule is CCNc1cc(C(F)(F)F)ccc1CC=CC(=O)OC(=O)C=CCc1ccc(C(F)(F)F)cc1NCC. The maximum absolute atomic E-state index is 12.9. The lowest BCUT2D eigenvalue weighted by Gasteiger charge is -2.13. The van der Waals surface area contributed by atoms with Crippen LogP contribution in [0.2, 0.25) is 0 Å². The maximum atomic E-state index is 12.9. The number of allylic oxidation sites excluding steroid dienone is 2. The van der Waals surface area contributed by atoms with E-state index < -0.39 is 35.4 Å². The minimum Gasteiger partial charge on any atom is -0.387 e. The molecule has 0 saturated heterocycles. The lowest BCUT2D eigenvalue weighted by atomic mass is 10.1. The highest BCUT2D eigenvalue weighted by atomic mass is 19.4. The predicted octanol–water partition coefficient (Wildman–Crippen LogP) is 6.56. The Bertz CT molecular complexity index is 1060. The third-order valence-corrected chi connectivity index (χ3v) is 4.99. The van der Waals surface area contributed by atoms with E-state index in [-0.39, 0.29) is 24.2 Å². The number of ether oxygens (including phenoxy) is 1. The Balaban J connectivity index is 1.96. The van der Waals surface area contributed by atoms with E-state index in [2.05, 4.69) is 15.4 Å². The molecule has 0 aromatic heterocycles. The van der Waals surface area contributed by atoms with Crippen LogP contribution < -0.4 is 10.6 Å². The number of nitrogens with one attached hydrogen (secondary N) is 2. The Morgan fingerprint density at radius 1 is 0.730 bits per heavy atom. The van der Waals surface area contributed by atoms with Crippen LogP contribution in [0.1, 0.15) is 36.1 Å². The Labute approximate surface area is 210 Å². The van der Waals surface area contributed by atoms with Gasteiger partial charge in [0.25, 0.3) is 0 Å². The third kappa shape index (κ3) is 9.32. The number of anilines is 2. The van der Waals surface area contributed by atoms with Crippen LogP contribution in [0.25, 0.3) is 0 Å². The molecule has 2 aromatic rings. The summed E-state index contributed by atoms with van der Waals surface area (Å²) in [5.41, 5.74) is -0.0378. The van der Waals surface area contributed by atoms with Gasteiger partial charge in [-0.05, 0) is 62.1 Å². The molecule has 2 rings (SSSR count). The molecule has 2 N–H and O–H groups in total. The second-order valence-corrected chi connectivity index (χ2v) is 7.75. The van der Waals surface area contributed by atoms with E-state index in [1.54, 1.807) is 13.8 Å². The van der Waals surface area contributed by atoms with Gasteiger partial charge in [0.2, 0.25) is 0 Å². The molecule has 0 bridgehead atoms. The van der Waals surface area contributed by atoms with Crippen LogP contribution in [0, 0.1) is 0 Å². The number of hydrogen-bond donors (Lipinski definition) is 2. The van der Waals surface area contributed by atoms with Crippen molar-refractivity contribution in [3.05, 3.63) is 83.0 Å². The van der Waals surface area contributed by atoms with Crippen molar-refractivity contribution in [2.45, 2.75) is 39.0 Å². The third-order valence-electron chi connectivity index (χ3n) is 4.99. The molecule has 11 heteroatoms. The number of hydrogen-bond acceptors (Lipinski definition) is 5. The molecule has 0 atom stereocenters. The summed E-state index contributed by atoms with van der Waals surface area (Å²) in [5, 5.41) is 5.69. The minimum atomic E-state index is -4.49. The highest BCUT2D eigenvalue weighted by molar-refractivity contribution is 5.96. The van der Waals surface area contributed by atoms with Gasteiger partial charge in [-0.15, -0.1) is 0 Å². The van der Waals surface area contributed by atoms with E-state index in [0.29, 0.717) is 24.2 Å². The predicted molar refractivity (Wildman–Crippen MR) is 128 cm³/mol. The number of benzene rings is 2. The summed E-state index contributed by atoms with van der Waals surface area (Å²) in [5.74, 6) is -1.95. The number of carbonyl (C=O) groups is 2. The molecular weight excluding hydrogens is 502 g/mol. The van der Waals surface area contributed by atoms with E-state index in [1.807, 2.05) is 0 Å². The molecule has 0 aliphatic rings. The number of rotatable bonds is 10. The van der Waals surface area contributed by atoms with E-state index in [0.717, 1.165) is 36.4 Å². The van der Waals surface area contributed by atoms with Crippen molar-refractivity contribution in [3.63, 3.8) is 0 Å². The smallest absolute Gasteiger partial charge is 0.387 e. The molecule has 0 saturated carbocycles. The number of halogens is 6. The van der Waals surface area contributed by atoms with Gasteiger partial charge < -0.3 is 15.4 Å². The standard InChI is InChI=1S/C26H26F6N2O3/c1-3-33-21-15-19(25(27,28)29)13-11-17(21)7-5-9-23(35)37-24(36)10-6-8-18-12-14-20(26(30,31)32)16-22(18)34-4-2/h5-6,9-16,33-34H,3-4,7-8H2,1-2H3. The molecule has 0 amide bonds. The summed E-state index contributed by atoms with van der Waals surface area (Å²) in [7, 11) is 0. The largest absolute Gasteiger partial charge is 0.416 e. The van der Waals surface area contributed by atoms with Gasteiger partial charge in [-0.3, -0.25) is 0 Å². The molecule has 200 valence electrons. The van der Waals surface area contributed by atoms with Crippen LogP contribution in [-0.4, -0.2) is 25.0 Å². The van der Waals surface area contributed by atoms with Gasteiger partial charge in [-0.25, -0.2) is 9.59 Å². The molecule has 0 heterocycles. The molecule has 0 aliphatic carbocycles. The summed E-state index contributed by atoms with van der Waals surface area (Å²) in [6, 6.07) is 6.44. The summed E-state index contributed by atoms with van der Waals surface area (Å²) in [4.78, 5) is 23.8. The first-order valence-corrected chi connectivity index (χ1v) is 11.3. The zero-order chi connectivity index (χ0) is 27.6. The normalized spacial score (nSPS) is 12.2. The Kier molecular flexibility index (Phi) is 10.3. The van der Waals surface area contributed by atoms with E-state index in [9.17, 15) is 35.9 Å². The second kappa shape index (κ2) is 13.0. The molecule has 0 aliphatic heterocycles. The molecule has 2 aromatic carbocycles. The molecule has 0 radical (unpaired) electrons. The van der Waals surface area contributed by atoms with Crippen molar-refractivity contribution >= 4 is 23.3 Å². The highest BCUT2D eigenvalue weighted by Crippen LogP contribution is 2.33. The molecule has 5 nitrogen and oxygen atoms in total. The van der Waals surface area contributed by atoms with Crippen LogP contribution in [0.3, 0.4) is 0 Å². The van der Waals surface area contributed by atoms with Crippen LogP contribution in [0.5, 0.6) is 0 Å². The van der Waals surface area contributed by atoms with Crippen molar-refractivity contribution in [2.24, 2.45) is 0 Å². The van der Waals surface area contributed by atoms with Gasteiger partial charge in [0.15, 0.2) is 0 Å². The highest BCUT2D eigenvalue weighted by Gasteiger charge is 2.31. The number of esters is 2. The summed E-state index contributed by atoms with van der Waals surface area (Å²) >= 11 is 0. The lowest BCUT2D eigenvalue weighted by Crippen LogP contribution is -2.09. The second-order valence-electron chi connectivity index (χ2n) is 7.75. The average molecular weight is 528 g/mol. The van der Waals surface area contributed by atoms with Gasteiger partial charge in [0, 0.05) is 36.6 Å². The lowest BCUT2D eigenvalue weighted by molar-refractivity contribution is -0.152. The van der Waals surface area contributed by atoms with Crippen LogP contribution in [0.4, 0.5) is 37.7 Å². The number of carbonyl (C=O) groups excluding carboxylic acids is 2. The van der Waals surface area contributed by atoms with Gasteiger partial charge in [0.05, 0.1) is 11.1 Å². The monoisotopic (exact) mass is 528 g/mol. The van der Waals surface area contributed by atoms with E-state index >= 15 is 0 Å².